The highest BCUT2D eigenvalue weighted by molar-refractivity contribution is 7.22. The van der Waals surface area contributed by atoms with Gasteiger partial charge < -0.3 is 4.90 Å². The normalized spacial score (nSPS) is 11.2. The first kappa shape index (κ1) is 24.3. The molecule has 5 nitrogen and oxygen atoms in total. The quantitative estimate of drug-likeness (QED) is 0.262. The van der Waals surface area contributed by atoms with Crippen molar-refractivity contribution in [3.8, 4) is 10.6 Å². The molecule has 0 saturated heterocycles. The summed E-state index contributed by atoms with van der Waals surface area (Å²) in [6.07, 6.45) is 0. The van der Waals surface area contributed by atoms with Gasteiger partial charge in [-0.25, -0.2) is 9.97 Å². The number of likely N-dealkylation sites (N-methyl/N-ethyl adjacent to an activating group) is 1. The van der Waals surface area contributed by atoms with Crippen LogP contribution in [0.5, 0.6) is 0 Å². The number of pyridine rings is 1. The Morgan fingerprint density at radius 2 is 1.76 bits per heavy atom. The molecule has 3 heterocycles. The highest BCUT2D eigenvalue weighted by Gasteiger charge is 2.24. The SMILES string of the molecule is Cc1ccc2nc(N(CCN(C)C)C(=O)c3cc(-c4cccs4)nc4ccccc34)sc2c1.Cl. The predicted molar refractivity (Wildman–Crippen MR) is 147 cm³/mol. The molecular weight excluding hydrogens is 484 g/mol. The van der Waals surface area contributed by atoms with Gasteiger partial charge in [0.2, 0.25) is 0 Å². The summed E-state index contributed by atoms with van der Waals surface area (Å²) in [6.45, 7) is 3.36. The third-order valence-corrected chi connectivity index (χ3v) is 7.43. The van der Waals surface area contributed by atoms with Gasteiger partial charge in [-0.05, 0) is 62.3 Å². The summed E-state index contributed by atoms with van der Waals surface area (Å²) in [7, 11) is 4.03. The molecule has 0 atom stereocenters. The lowest BCUT2D eigenvalue weighted by Gasteiger charge is -2.23. The van der Waals surface area contributed by atoms with E-state index in [-0.39, 0.29) is 18.3 Å². The van der Waals surface area contributed by atoms with Crippen LogP contribution in [-0.2, 0) is 0 Å². The van der Waals surface area contributed by atoms with Crippen LogP contribution in [0, 0.1) is 6.92 Å². The zero-order valence-corrected chi connectivity index (χ0v) is 21.6. The number of thiophene rings is 1. The summed E-state index contributed by atoms with van der Waals surface area (Å²) < 4.78 is 1.09. The second-order valence-electron chi connectivity index (χ2n) is 8.28. The van der Waals surface area contributed by atoms with E-state index in [2.05, 4.69) is 24.0 Å². The van der Waals surface area contributed by atoms with Crippen molar-refractivity contribution < 1.29 is 4.79 Å². The van der Waals surface area contributed by atoms with Crippen LogP contribution >= 0.6 is 35.1 Å². The first-order chi connectivity index (χ1) is 16.0. The van der Waals surface area contributed by atoms with Crippen molar-refractivity contribution in [3.05, 3.63) is 77.2 Å². The van der Waals surface area contributed by atoms with Gasteiger partial charge in [0.25, 0.3) is 5.91 Å². The molecule has 3 aromatic heterocycles. The van der Waals surface area contributed by atoms with Crippen LogP contribution in [0.25, 0.3) is 31.7 Å². The Kier molecular flexibility index (Phi) is 7.28. The molecule has 0 unspecified atom stereocenters. The van der Waals surface area contributed by atoms with Gasteiger partial charge in [0.1, 0.15) is 0 Å². The molecule has 34 heavy (non-hydrogen) atoms. The van der Waals surface area contributed by atoms with Gasteiger partial charge in [0.05, 0.1) is 31.9 Å². The molecule has 5 rings (SSSR count). The Hall–Kier alpha value is -2.84. The zero-order chi connectivity index (χ0) is 22.9. The summed E-state index contributed by atoms with van der Waals surface area (Å²) in [6, 6.07) is 20.0. The van der Waals surface area contributed by atoms with Crippen LogP contribution in [-0.4, -0.2) is 48.0 Å². The van der Waals surface area contributed by atoms with Crippen LogP contribution in [0.3, 0.4) is 0 Å². The number of benzene rings is 2. The number of thiazole rings is 1. The molecular formula is C26H25ClN4OS2. The number of hydrogen-bond acceptors (Lipinski definition) is 6. The molecule has 5 aromatic rings. The number of aromatic nitrogens is 2. The van der Waals surface area contributed by atoms with Crippen molar-refractivity contribution in [2.24, 2.45) is 0 Å². The maximum atomic E-state index is 14.1. The second kappa shape index (κ2) is 10.2. The molecule has 174 valence electrons. The second-order valence-corrected chi connectivity index (χ2v) is 10.2. The molecule has 0 saturated carbocycles. The largest absolute Gasteiger partial charge is 0.308 e. The van der Waals surface area contributed by atoms with Crippen molar-refractivity contribution in [2.75, 3.05) is 32.1 Å². The number of nitrogens with zero attached hydrogens (tertiary/aromatic N) is 4. The third-order valence-electron chi connectivity index (χ3n) is 5.50. The molecule has 8 heteroatoms. The molecule has 2 aromatic carbocycles. The smallest absolute Gasteiger partial charge is 0.260 e. The average molecular weight is 509 g/mol. The minimum absolute atomic E-state index is 0. The van der Waals surface area contributed by atoms with Gasteiger partial charge in [-0.15, -0.1) is 23.7 Å². The van der Waals surface area contributed by atoms with Crippen molar-refractivity contribution in [1.29, 1.82) is 0 Å². The van der Waals surface area contributed by atoms with Gasteiger partial charge in [0.15, 0.2) is 5.13 Å². The number of carbonyl (C=O) groups is 1. The third kappa shape index (κ3) is 4.83. The zero-order valence-electron chi connectivity index (χ0n) is 19.2. The number of hydrogen-bond donors (Lipinski definition) is 0. The van der Waals surface area contributed by atoms with Crippen molar-refractivity contribution in [3.63, 3.8) is 0 Å². The van der Waals surface area contributed by atoms with E-state index in [1.807, 2.05) is 72.9 Å². The molecule has 0 fully saturated rings. The fourth-order valence-corrected chi connectivity index (χ4v) is 5.54. The Morgan fingerprint density at radius 1 is 0.941 bits per heavy atom. The summed E-state index contributed by atoms with van der Waals surface area (Å²) in [5.74, 6) is -0.0518. The molecule has 0 radical (unpaired) electrons. The van der Waals surface area contributed by atoms with E-state index in [0.717, 1.165) is 43.4 Å². The lowest BCUT2D eigenvalue weighted by molar-refractivity contribution is 0.0986. The molecule has 0 bridgehead atoms. The van der Waals surface area contributed by atoms with Gasteiger partial charge in [0, 0.05) is 18.5 Å². The van der Waals surface area contributed by atoms with E-state index >= 15 is 0 Å². The maximum Gasteiger partial charge on any atom is 0.260 e. The predicted octanol–water partition coefficient (Wildman–Crippen LogP) is 6.51. The molecule has 0 aliphatic heterocycles. The van der Waals surface area contributed by atoms with E-state index in [1.54, 1.807) is 22.7 Å². The molecule has 1 amide bonds. The van der Waals surface area contributed by atoms with Crippen LogP contribution in [0.2, 0.25) is 0 Å². The Labute approximate surface area is 213 Å². The summed E-state index contributed by atoms with van der Waals surface area (Å²) >= 11 is 3.19. The standard InChI is InChI=1S/C26H24N4OS2.ClH/c1-17-10-11-21-24(15-17)33-26(28-21)30(13-12-29(2)3)25(31)19-16-22(23-9-6-14-32-23)27-20-8-5-4-7-18(19)20;/h4-11,14-16H,12-13H2,1-3H3;1H. The number of aryl methyl sites for hydroxylation is 1. The molecule has 0 N–H and O–H groups in total. The highest BCUT2D eigenvalue weighted by atomic mass is 35.5. The first-order valence-electron chi connectivity index (χ1n) is 10.8. The number of fused-ring (bicyclic) bond motifs is 2. The lowest BCUT2D eigenvalue weighted by Crippen LogP contribution is -2.37. The van der Waals surface area contributed by atoms with E-state index in [9.17, 15) is 4.79 Å². The van der Waals surface area contributed by atoms with Crippen molar-refractivity contribution in [2.45, 2.75) is 6.92 Å². The van der Waals surface area contributed by atoms with Crippen LogP contribution in [0.15, 0.2) is 66.0 Å². The lowest BCUT2D eigenvalue weighted by atomic mass is 10.1. The van der Waals surface area contributed by atoms with Crippen LogP contribution in [0.4, 0.5) is 5.13 Å². The van der Waals surface area contributed by atoms with E-state index in [1.165, 1.54) is 5.56 Å². The van der Waals surface area contributed by atoms with Crippen molar-refractivity contribution in [1.82, 2.24) is 14.9 Å². The number of halogens is 1. The number of anilines is 1. The summed E-state index contributed by atoms with van der Waals surface area (Å²) in [5.41, 5.74) is 4.39. The van der Waals surface area contributed by atoms with E-state index in [0.29, 0.717) is 12.1 Å². The Bertz CT molecular complexity index is 1450. The van der Waals surface area contributed by atoms with Crippen LogP contribution < -0.4 is 4.90 Å². The number of carbonyl (C=O) groups excluding carboxylic acids is 1. The monoisotopic (exact) mass is 508 g/mol. The molecule has 0 aliphatic carbocycles. The number of amides is 1. The Balaban J connectivity index is 0.00000274. The highest BCUT2D eigenvalue weighted by Crippen LogP contribution is 2.33. The van der Waals surface area contributed by atoms with E-state index < -0.39 is 0 Å². The van der Waals surface area contributed by atoms with Gasteiger partial charge >= 0.3 is 0 Å². The summed E-state index contributed by atoms with van der Waals surface area (Å²) in [4.78, 5) is 28.7. The van der Waals surface area contributed by atoms with Gasteiger partial charge in [-0.3, -0.25) is 9.69 Å². The Morgan fingerprint density at radius 3 is 2.53 bits per heavy atom. The minimum atomic E-state index is -0.0518. The van der Waals surface area contributed by atoms with Gasteiger partial charge in [-0.2, -0.15) is 0 Å². The van der Waals surface area contributed by atoms with E-state index in [4.69, 9.17) is 9.97 Å². The number of para-hydroxylation sites is 1. The topological polar surface area (TPSA) is 49.3 Å². The fourth-order valence-electron chi connectivity index (χ4n) is 3.77. The molecule has 0 aliphatic rings. The average Bonchev–Trinajstić information content (AvgIpc) is 3.48. The first-order valence-corrected chi connectivity index (χ1v) is 12.5. The maximum absolute atomic E-state index is 14.1. The summed E-state index contributed by atoms with van der Waals surface area (Å²) in [5, 5.41) is 3.61. The van der Waals surface area contributed by atoms with Crippen molar-refractivity contribution >= 4 is 67.2 Å². The molecule has 0 spiro atoms. The van der Waals surface area contributed by atoms with Crippen LogP contribution in [0.1, 0.15) is 15.9 Å². The fraction of sp³-hybridized carbons (Fsp3) is 0.192. The van der Waals surface area contributed by atoms with Gasteiger partial charge in [-0.1, -0.05) is 41.7 Å². The number of rotatable bonds is 6. The minimum Gasteiger partial charge on any atom is -0.308 e.